The van der Waals surface area contributed by atoms with Crippen LogP contribution in [0.25, 0.3) is 0 Å². The molecule has 0 atom stereocenters. The van der Waals surface area contributed by atoms with Crippen LogP contribution >= 0.6 is 0 Å². The number of carbonyl (C=O) groups is 4. The van der Waals surface area contributed by atoms with Gasteiger partial charge in [0.1, 0.15) is 11.6 Å². The summed E-state index contributed by atoms with van der Waals surface area (Å²) in [5, 5.41) is 0. The summed E-state index contributed by atoms with van der Waals surface area (Å²) in [4.78, 5) is 47.2. The second-order valence-electron chi connectivity index (χ2n) is 10.1. The minimum absolute atomic E-state index is 0.0804. The van der Waals surface area contributed by atoms with Crippen molar-refractivity contribution in [3.63, 3.8) is 0 Å². The fourth-order valence-corrected chi connectivity index (χ4v) is 4.36. The van der Waals surface area contributed by atoms with Crippen LogP contribution in [0.4, 0.5) is 0 Å². The molecule has 0 heterocycles. The van der Waals surface area contributed by atoms with Gasteiger partial charge < -0.3 is 14.0 Å². The molecule has 0 unspecified atom stereocenters. The van der Waals surface area contributed by atoms with Crippen molar-refractivity contribution < 1.29 is 46.1 Å². The molecule has 10 nitrogen and oxygen atoms in total. The molecule has 0 aromatic rings. The maximum Gasteiger partial charge on any atom is 0.333 e. The summed E-state index contributed by atoms with van der Waals surface area (Å²) in [7, 11) is -1.99. The van der Waals surface area contributed by atoms with Crippen molar-refractivity contribution >= 4 is 33.6 Å². The highest BCUT2D eigenvalue weighted by atomic mass is 32.2. The van der Waals surface area contributed by atoms with Crippen LogP contribution in [-0.4, -0.2) is 86.6 Å². The summed E-state index contributed by atoms with van der Waals surface area (Å²) in [6.45, 7) is 12.5. The molecule has 0 saturated carbocycles. The number of rotatable bonds is 23. The first-order valence-corrected chi connectivity index (χ1v) is 14.7. The van der Waals surface area contributed by atoms with E-state index in [1.54, 1.807) is 13.8 Å². The van der Waals surface area contributed by atoms with E-state index in [-0.39, 0.29) is 30.5 Å². The van der Waals surface area contributed by atoms with Crippen molar-refractivity contribution in [1.82, 2.24) is 0 Å². The van der Waals surface area contributed by atoms with E-state index in [0.29, 0.717) is 99.5 Å². The molecular formula is C27H46NO9S+. The molecule has 218 valence electrons. The number of hydrogen-bond acceptors (Lipinski definition) is 8. The zero-order valence-corrected chi connectivity index (χ0v) is 24.1. The number of Topliss-reactive ketones (excluding diaryl/α,β-unsaturated/α-hetero) is 2. The van der Waals surface area contributed by atoms with Gasteiger partial charge in [-0.1, -0.05) is 13.2 Å². The topological polar surface area (TPSA) is 141 Å². The molecule has 0 spiro atoms. The zero-order valence-electron chi connectivity index (χ0n) is 23.3. The van der Waals surface area contributed by atoms with Crippen LogP contribution in [0.15, 0.2) is 24.3 Å². The average Bonchev–Trinajstić information content (AvgIpc) is 2.81. The molecule has 11 heteroatoms. The maximum absolute atomic E-state index is 12.2. The SMILES string of the molecule is C=C(C)C(=O)OCCCC(=O)CCC[N+](C)(CCCCS(=O)(=O)O)CCCC(=O)CCCOC(=O)C(=C)C. The third-order valence-electron chi connectivity index (χ3n) is 6.02. The van der Waals surface area contributed by atoms with Gasteiger partial charge in [-0.3, -0.25) is 14.1 Å². The lowest BCUT2D eigenvalue weighted by molar-refractivity contribution is -0.910. The molecule has 0 saturated heterocycles. The van der Waals surface area contributed by atoms with Gasteiger partial charge in [0.25, 0.3) is 10.1 Å². The lowest BCUT2D eigenvalue weighted by Gasteiger charge is -2.35. The van der Waals surface area contributed by atoms with E-state index >= 15 is 0 Å². The Morgan fingerprint density at radius 1 is 0.684 bits per heavy atom. The number of carbonyl (C=O) groups excluding carboxylic acids is 4. The summed E-state index contributed by atoms with van der Waals surface area (Å²) in [6, 6.07) is 0. The fourth-order valence-electron chi connectivity index (χ4n) is 3.79. The molecule has 1 N–H and O–H groups in total. The van der Waals surface area contributed by atoms with Gasteiger partial charge >= 0.3 is 11.9 Å². The van der Waals surface area contributed by atoms with E-state index in [2.05, 4.69) is 13.2 Å². The number of quaternary nitrogens is 1. The Labute approximate surface area is 227 Å². The minimum atomic E-state index is -4.01. The molecule has 0 aliphatic heterocycles. The Bertz CT molecular complexity index is 873. The first-order chi connectivity index (χ1) is 17.6. The van der Waals surface area contributed by atoms with Crippen molar-refractivity contribution in [3.05, 3.63) is 24.3 Å². The monoisotopic (exact) mass is 560 g/mol. The van der Waals surface area contributed by atoms with Gasteiger partial charge in [0.05, 0.1) is 45.6 Å². The third-order valence-corrected chi connectivity index (χ3v) is 6.83. The number of nitrogens with zero attached hydrogens (tertiary/aromatic N) is 1. The Hall–Kier alpha value is -2.37. The zero-order chi connectivity index (χ0) is 29.2. The largest absolute Gasteiger partial charge is 0.462 e. The van der Waals surface area contributed by atoms with Gasteiger partial charge in [-0.05, 0) is 39.5 Å². The van der Waals surface area contributed by atoms with Gasteiger partial charge in [0, 0.05) is 49.7 Å². The summed E-state index contributed by atoms with van der Waals surface area (Å²) in [5.74, 6) is -1.07. The van der Waals surface area contributed by atoms with E-state index < -0.39 is 22.1 Å². The van der Waals surface area contributed by atoms with Gasteiger partial charge in [0.2, 0.25) is 0 Å². The standard InChI is InChI=1S/C27H45NO9S/c1-22(2)26(31)36-19-10-14-24(29)12-8-17-28(5,16-6-7-21-38(33,34)35)18-9-13-25(30)15-11-20-37-27(32)23(3)4/h1,3,6-21H2,2,4-5H3/p+1. The lowest BCUT2D eigenvalue weighted by atomic mass is 10.1. The Morgan fingerprint density at radius 2 is 1.05 bits per heavy atom. The Balaban J connectivity index is 4.56. The predicted octanol–water partition coefficient (Wildman–Crippen LogP) is 3.60. The van der Waals surface area contributed by atoms with E-state index in [0.717, 1.165) is 0 Å². The van der Waals surface area contributed by atoms with Crippen LogP contribution in [0, 0.1) is 0 Å². The van der Waals surface area contributed by atoms with Crippen molar-refractivity contribution in [2.45, 2.75) is 78.1 Å². The molecule has 0 bridgehead atoms. The number of ether oxygens (including phenoxy) is 2. The van der Waals surface area contributed by atoms with E-state index in [1.165, 1.54) is 0 Å². The molecular weight excluding hydrogens is 514 g/mol. The van der Waals surface area contributed by atoms with Gasteiger partial charge in [0.15, 0.2) is 0 Å². The highest BCUT2D eigenvalue weighted by molar-refractivity contribution is 7.85. The van der Waals surface area contributed by atoms with E-state index in [9.17, 15) is 27.6 Å². The number of esters is 2. The molecule has 0 aliphatic carbocycles. The van der Waals surface area contributed by atoms with Crippen LogP contribution < -0.4 is 0 Å². The number of unbranched alkanes of at least 4 members (excludes halogenated alkanes) is 1. The smallest absolute Gasteiger partial charge is 0.333 e. The summed E-state index contributed by atoms with van der Waals surface area (Å²) >= 11 is 0. The first kappa shape index (κ1) is 35.6. The van der Waals surface area contributed by atoms with Gasteiger partial charge in [-0.2, -0.15) is 8.42 Å². The lowest BCUT2D eigenvalue weighted by Crippen LogP contribution is -2.46. The van der Waals surface area contributed by atoms with Crippen molar-refractivity contribution in [3.8, 4) is 0 Å². The second kappa shape index (κ2) is 18.8. The van der Waals surface area contributed by atoms with Crippen molar-refractivity contribution in [2.24, 2.45) is 0 Å². The quantitative estimate of drug-likeness (QED) is 0.0652. The third kappa shape index (κ3) is 19.7. The molecule has 0 aromatic carbocycles. The number of hydrogen-bond donors (Lipinski definition) is 1. The van der Waals surface area contributed by atoms with E-state index in [4.69, 9.17) is 14.0 Å². The first-order valence-electron chi connectivity index (χ1n) is 13.1. The van der Waals surface area contributed by atoms with E-state index in [1.807, 2.05) is 7.05 Å². The molecule has 0 fully saturated rings. The predicted molar refractivity (Wildman–Crippen MR) is 145 cm³/mol. The van der Waals surface area contributed by atoms with Gasteiger partial charge in [-0.15, -0.1) is 0 Å². The molecule has 0 aliphatic rings. The minimum Gasteiger partial charge on any atom is -0.462 e. The summed E-state index contributed by atoms with van der Waals surface area (Å²) in [6.07, 6.45) is 4.50. The molecule has 0 amide bonds. The second-order valence-corrected chi connectivity index (χ2v) is 11.7. The fraction of sp³-hybridized carbons (Fsp3) is 0.704. The van der Waals surface area contributed by atoms with Crippen LogP contribution in [0.5, 0.6) is 0 Å². The molecule has 38 heavy (non-hydrogen) atoms. The molecule has 0 rings (SSSR count). The van der Waals surface area contributed by atoms with Crippen LogP contribution in [0.3, 0.4) is 0 Å². The Kier molecular flexibility index (Phi) is 17.6. The van der Waals surface area contributed by atoms with Crippen LogP contribution in [0.1, 0.15) is 78.1 Å². The summed E-state index contributed by atoms with van der Waals surface area (Å²) < 4.78 is 41.6. The maximum atomic E-state index is 12.2. The molecule has 0 aromatic heterocycles. The van der Waals surface area contributed by atoms with Crippen LogP contribution in [-0.2, 0) is 38.8 Å². The van der Waals surface area contributed by atoms with Gasteiger partial charge in [-0.25, -0.2) is 9.59 Å². The van der Waals surface area contributed by atoms with Crippen molar-refractivity contribution in [2.75, 3.05) is 45.6 Å². The van der Waals surface area contributed by atoms with Crippen molar-refractivity contribution in [1.29, 1.82) is 0 Å². The Morgan fingerprint density at radius 3 is 1.42 bits per heavy atom. The average molecular weight is 561 g/mol. The number of ketones is 2. The molecule has 0 radical (unpaired) electrons. The normalized spacial score (nSPS) is 11.6. The summed E-state index contributed by atoms with van der Waals surface area (Å²) in [5.41, 5.74) is 0.631. The highest BCUT2D eigenvalue weighted by Crippen LogP contribution is 2.14. The van der Waals surface area contributed by atoms with Crippen LogP contribution in [0.2, 0.25) is 0 Å². The highest BCUT2D eigenvalue weighted by Gasteiger charge is 2.22.